The van der Waals surface area contributed by atoms with Crippen molar-refractivity contribution in [2.75, 3.05) is 6.54 Å². The third kappa shape index (κ3) is 4.36. The highest BCUT2D eigenvalue weighted by atomic mass is 35.5. The van der Waals surface area contributed by atoms with Crippen molar-refractivity contribution in [3.63, 3.8) is 0 Å². The lowest BCUT2D eigenvalue weighted by molar-refractivity contribution is 0.0956. The number of aryl methyl sites for hydroxylation is 2. The van der Waals surface area contributed by atoms with E-state index in [1.165, 1.54) is 37.3 Å². The van der Waals surface area contributed by atoms with Crippen molar-refractivity contribution >= 4 is 27.3 Å². The number of H-pyrrole nitrogens is 1. The Morgan fingerprint density at radius 1 is 1.21 bits per heavy atom. The van der Waals surface area contributed by atoms with Crippen molar-refractivity contribution in [2.45, 2.75) is 37.5 Å². The summed E-state index contributed by atoms with van der Waals surface area (Å²) in [7, 11) is -3.66. The van der Waals surface area contributed by atoms with Crippen LogP contribution in [0.4, 0.5) is 0 Å². The van der Waals surface area contributed by atoms with Gasteiger partial charge in [-0.2, -0.15) is 0 Å². The van der Waals surface area contributed by atoms with E-state index in [0.717, 1.165) is 36.9 Å². The largest absolute Gasteiger partial charge is 0.348 e. The van der Waals surface area contributed by atoms with Crippen molar-refractivity contribution in [3.8, 4) is 0 Å². The molecule has 3 rings (SSSR count). The van der Waals surface area contributed by atoms with Gasteiger partial charge in [0, 0.05) is 22.2 Å². The van der Waals surface area contributed by atoms with Crippen molar-refractivity contribution < 1.29 is 13.2 Å². The molecule has 0 bridgehead atoms. The molecule has 1 aliphatic carbocycles. The normalized spacial score (nSPS) is 14.4. The van der Waals surface area contributed by atoms with Gasteiger partial charge in [-0.15, -0.1) is 0 Å². The second-order valence-electron chi connectivity index (χ2n) is 6.71. The Bertz CT molecular complexity index is 1090. The molecule has 0 fully saturated rings. The van der Waals surface area contributed by atoms with Gasteiger partial charge in [-0.1, -0.05) is 17.7 Å². The summed E-state index contributed by atoms with van der Waals surface area (Å²) in [6.45, 7) is 1.45. The first-order valence-corrected chi connectivity index (χ1v) is 10.9. The zero-order chi connectivity index (χ0) is 20.3. The van der Waals surface area contributed by atoms with Crippen molar-refractivity contribution in [1.29, 1.82) is 0 Å². The second kappa shape index (κ2) is 8.32. The highest BCUT2D eigenvalue weighted by Gasteiger charge is 2.18. The molecule has 2 N–H and O–H groups in total. The van der Waals surface area contributed by atoms with Crippen LogP contribution >= 0.6 is 11.6 Å². The van der Waals surface area contributed by atoms with Gasteiger partial charge in [-0.05, 0) is 68.5 Å². The molecule has 6 nitrogen and oxygen atoms in total. The lowest BCUT2D eigenvalue weighted by atomic mass is 9.95. The van der Waals surface area contributed by atoms with Gasteiger partial charge in [0.15, 0.2) is 0 Å². The highest BCUT2D eigenvalue weighted by molar-refractivity contribution is 7.95. The van der Waals surface area contributed by atoms with Crippen LogP contribution in [0, 0.1) is 0 Å². The van der Waals surface area contributed by atoms with Crippen LogP contribution in [-0.4, -0.2) is 25.9 Å². The molecule has 0 atom stereocenters. The van der Waals surface area contributed by atoms with Crippen LogP contribution in [0.15, 0.2) is 51.0 Å². The summed E-state index contributed by atoms with van der Waals surface area (Å²) in [6, 6.07) is 7.52. The Kier molecular flexibility index (Phi) is 6.05. The van der Waals surface area contributed by atoms with Crippen LogP contribution in [0.2, 0.25) is 5.02 Å². The molecule has 1 aromatic heterocycles. The van der Waals surface area contributed by atoms with E-state index >= 15 is 0 Å². The number of rotatable bonds is 5. The average molecular weight is 421 g/mol. The molecule has 0 spiro atoms. The zero-order valence-electron chi connectivity index (χ0n) is 15.4. The molecule has 0 radical (unpaired) electrons. The van der Waals surface area contributed by atoms with E-state index < -0.39 is 21.3 Å². The Morgan fingerprint density at radius 2 is 1.89 bits per heavy atom. The SMILES string of the molecule is C/C(=C\CNC(=O)c1cc2c([nH]c1=O)CCCC2)S(=O)(=O)c1ccc(Cl)cc1. The van der Waals surface area contributed by atoms with Gasteiger partial charge in [-0.3, -0.25) is 9.59 Å². The predicted octanol–water partition coefficient (Wildman–Crippen LogP) is 3.01. The minimum atomic E-state index is -3.66. The summed E-state index contributed by atoms with van der Waals surface area (Å²) in [5.74, 6) is -0.525. The van der Waals surface area contributed by atoms with Crippen LogP contribution in [0.5, 0.6) is 0 Å². The number of hydrogen-bond acceptors (Lipinski definition) is 4. The standard InChI is InChI=1S/C20H21ClN2O4S/c1-13(28(26,27)16-8-6-15(21)7-9-16)10-11-22-19(24)17-12-14-4-2-3-5-18(14)23-20(17)25/h6-10,12H,2-5,11H2,1H3,(H,22,24)(H,23,25)/b13-10+. The fraction of sp³-hybridized carbons (Fsp3) is 0.300. The maximum atomic E-state index is 12.5. The fourth-order valence-corrected chi connectivity index (χ4v) is 4.43. The Hall–Kier alpha value is -2.38. The summed E-state index contributed by atoms with van der Waals surface area (Å²) in [5.41, 5.74) is 1.52. The van der Waals surface area contributed by atoms with Crippen LogP contribution < -0.4 is 10.9 Å². The van der Waals surface area contributed by atoms with Crippen LogP contribution in [0.25, 0.3) is 0 Å². The maximum Gasteiger partial charge on any atom is 0.261 e. The van der Waals surface area contributed by atoms with Gasteiger partial charge in [0.1, 0.15) is 5.56 Å². The van der Waals surface area contributed by atoms with Gasteiger partial charge in [0.25, 0.3) is 11.5 Å². The topological polar surface area (TPSA) is 96.1 Å². The minimum Gasteiger partial charge on any atom is -0.348 e. The van der Waals surface area contributed by atoms with E-state index in [1.807, 2.05) is 0 Å². The van der Waals surface area contributed by atoms with E-state index in [-0.39, 0.29) is 21.9 Å². The number of benzene rings is 1. The number of allylic oxidation sites excluding steroid dienone is 1. The number of fused-ring (bicyclic) bond motifs is 1. The lowest BCUT2D eigenvalue weighted by Crippen LogP contribution is -2.31. The number of nitrogens with one attached hydrogen (secondary N) is 2. The monoisotopic (exact) mass is 420 g/mol. The van der Waals surface area contributed by atoms with Crippen molar-refractivity contribution in [1.82, 2.24) is 10.3 Å². The van der Waals surface area contributed by atoms with E-state index in [0.29, 0.717) is 5.02 Å². The number of amides is 1. The maximum absolute atomic E-state index is 12.5. The van der Waals surface area contributed by atoms with Gasteiger partial charge >= 0.3 is 0 Å². The number of halogens is 1. The average Bonchev–Trinajstić information content (AvgIpc) is 2.67. The van der Waals surface area contributed by atoms with Crippen molar-refractivity contribution in [2.24, 2.45) is 0 Å². The molecule has 1 amide bonds. The van der Waals surface area contributed by atoms with Crippen LogP contribution in [-0.2, 0) is 22.7 Å². The van der Waals surface area contributed by atoms with Crippen LogP contribution in [0.1, 0.15) is 41.4 Å². The number of sulfone groups is 1. The number of aromatic nitrogens is 1. The number of pyridine rings is 1. The van der Waals surface area contributed by atoms with Gasteiger partial charge in [0.2, 0.25) is 9.84 Å². The molecular formula is C20H21ClN2O4S. The molecule has 28 heavy (non-hydrogen) atoms. The first-order chi connectivity index (χ1) is 13.3. The molecule has 1 aliphatic rings. The Labute approximate surface area is 168 Å². The van der Waals surface area contributed by atoms with Crippen molar-refractivity contribution in [3.05, 3.63) is 73.5 Å². The van der Waals surface area contributed by atoms with E-state index in [4.69, 9.17) is 11.6 Å². The molecule has 0 saturated carbocycles. The molecule has 0 saturated heterocycles. The molecule has 1 aromatic carbocycles. The third-order valence-electron chi connectivity index (χ3n) is 4.78. The third-order valence-corrected chi connectivity index (χ3v) is 6.94. The molecule has 1 heterocycles. The van der Waals surface area contributed by atoms with Crippen LogP contribution in [0.3, 0.4) is 0 Å². The molecule has 8 heteroatoms. The molecule has 2 aromatic rings. The van der Waals surface area contributed by atoms with Gasteiger partial charge < -0.3 is 10.3 Å². The number of carbonyl (C=O) groups is 1. The summed E-state index contributed by atoms with van der Waals surface area (Å²) in [6.07, 6.45) is 5.13. The summed E-state index contributed by atoms with van der Waals surface area (Å²) in [5, 5.41) is 3.04. The highest BCUT2D eigenvalue weighted by Crippen LogP contribution is 2.21. The number of carbonyl (C=O) groups excluding carboxylic acids is 1. The van der Waals surface area contributed by atoms with E-state index in [1.54, 1.807) is 6.07 Å². The molecule has 0 unspecified atom stereocenters. The quantitative estimate of drug-likeness (QED) is 0.777. The fourth-order valence-electron chi connectivity index (χ4n) is 3.14. The molecular weight excluding hydrogens is 400 g/mol. The summed E-state index contributed by atoms with van der Waals surface area (Å²) < 4.78 is 25.0. The molecule has 0 aliphatic heterocycles. The Balaban J connectivity index is 1.71. The Morgan fingerprint density at radius 3 is 2.61 bits per heavy atom. The lowest BCUT2D eigenvalue weighted by Gasteiger charge is -2.15. The smallest absolute Gasteiger partial charge is 0.261 e. The predicted molar refractivity (Wildman–Crippen MR) is 108 cm³/mol. The first kappa shape index (κ1) is 20.4. The summed E-state index contributed by atoms with van der Waals surface area (Å²) >= 11 is 5.79. The molecule has 148 valence electrons. The van der Waals surface area contributed by atoms with Gasteiger partial charge in [0.05, 0.1) is 4.90 Å². The number of aromatic amines is 1. The van der Waals surface area contributed by atoms with Gasteiger partial charge in [-0.25, -0.2) is 8.42 Å². The van der Waals surface area contributed by atoms with E-state index in [2.05, 4.69) is 10.3 Å². The second-order valence-corrected chi connectivity index (χ2v) is 9.26. The van der Waals surface area contributed by atoms with E-state index in [9.17, 15) is 18.0 Å². The minimum absolute atomic E-state index is 0.00594. The number of hydrogen-bond donors (Lipinski definition) is 2. The first-order valence-electron chi connectivity index (χ1n) is 9.00. The zero-order valence-corrected chi connectivity index (χ0v) is 17.0. The summed E-state index contributed by atoms with van der Waals surface area (Å²) in [4.78, 5) is 27.6.